The van der Waals surface area contributed by atoms with Crippen molar-refractivity contribution in [1.82, 2.24) is 14.5 Å². The van der Waals surface area contributed by atoms with Crippen LogP contribution in [0.15, 0.2) is 59.5 Å². The maximum absolute atomic E-state index is 13.0. The molecule has 0 unspecified atom stereocenters. The Hall–Kier alpha value is -2.42. The first-order valence-electron chi connectivity index (χ1n) is 10.5. The van der Waals surface area contributed by atoms with Crippen molar-refractivity contribution in [3.63, 3.8) is 0 Å². The summed E-state index contributed by atoms with van der Waals surface area (Å²) in [6, 6.07) is 14.6. The van der Waals surface area contributed by atoms with E-state index in [9.17, 15) is 18.0 Å². The highest BCUT2D eigenvalue weighted by molar-refractivity contribution is 7.89. The predicted octanol–water partition coefficient (Wildman–Crippen LogP) is 3.29. The van der Waals surface area contributed by atoms with Gasteiger partial charge in [-0.15, -0.1) is 0 Å². The van der Waals surface area contributed by atoms with Gasteiger partial charge >= 0.3 is 0 Å². The first-order chi connectivity index (χ1) is 15.2. The smallest absolute Gasteiger partial charge is 0.242 e. The van der Waals surface area contributed by atoms with E-state index in [1.54, 1.807) is 43.3 Å². The molecule has 0 spiro atoms. The van der Waals surface area contributed by atoms with Crippen molar-refractivity contribution in [2.45, 2.75) is 44.2 Å². The quantitative estimate of drug-likeness (QED) is 0.535. The third-order valence-electron chi connectivity index (χ3n) is 5.08. The minimum absolute atomic E-state index is 0.110. The fourth-order valence-corrected chi connectivity index (χ4v) is 4.67. The molecule has 32 heavy (non-hydrogen) atoms. The lowest BCUT2D eigenvalue weighted by atomic mass is 10.1. The molecule has 2 aromatic rings. The molecule has 2 rings (SSSR count). The van der Waals surface area contributed by atoms with Gasteiger partial charge in [-0.3, -0.25) is 9.59 Å². The highest BCUT2D eigenvalue weighted by Crippen LogP contribution is 2.17. The van der Waals surface area contributed by atoms with Gasteiger partial charge in [0.05, 0.1) is 4.90 Å². The summed E-state index contributed by atoms with van der Waals surface area (Å²) in [5.74, 6) is -0.471. The van der Waals surface area contributed by atoms with Crippen LogP contribution in [0.1, 0.15) is 32.3 Å². The van der Waals surface area contributed by atoms with Crippen LogP contribution in [0.2, 0.25) is 5.02 Å². The topological polar surface area (TPSA) is 86.8 Å². The van der Waals surface area contributed by atoms with Gasteiger partial charge in [0.2, 0.25) is 21.8 Å². The van der Waals surface area contributed by atoms with Crippen LogP contribution in [0.3, 0.4) is 0 Å². The van der Waals surface area contributed by atoms with Gasteiger partial charge in [-0.1, -0.05) is 41.9 Å². The van der Waals surface area contributed by atoms with Crippen LogP contribution in [0.5, 0.6) is 0 Å². The molecule has 0 bridgehead atoms. The van der Waals surface area contributed by atoms with E-state index in [1.165, 1.54) is 28.4 Å². The zero-order valence-corrected chi connectivity index (χ0v) is 20.2. The molecule has 7 nitrogen and oxygen atoms in total. The van der Waals surface area contributed by atoms with Crippen LogP contribution < -0.4 is 5.32 Å². The Morgan fingerprint density at radius 2 is 1.78 bits per heavy atom. The molecular formula is C23H30ClN3O4S. The standard InChI is InChI=1S/C23H30ClN3O4S/c1-4-25-23(29)18(2)27(17-19-10-8-11-20(24)16-19)22(28)14-9-15-26(3)32(30,31)21-12-6-5-7-13-21/h5-8,10-13,16,18H,4,9,14-15,17H2,1-3H3,(H,25,29)/t18-/m0/s1. The second-order valence-electron chi connectivity index (χ2n) is 7.47. The van der Waals surface area contributed by atoms with Gasteiger partial charge in [0.15, 0.2) is 0 Å². The van der Waals surface area contributed by atoms with Gasteiger partial charge in [0.1, 0.15) is 6.04 Å². The largest absolute Gasteiger partial charge is 0.355 e. The lowest BCUT2D eigenvalue weighted by molar-refractivity contribution is -0.140. The van der Waals surface area contributed by atoms with Crippen LogP contribution in [-0.4, -0.2) is 55.6 Å². The fourth-order valence-electron chi connectivity index (χ4n) is 3.23. The first kappa shape index (κ1) is 25.8. The molecule has 2 aromatic carbocycles. The highest BCUT2D eigenvalue weighted by Gasteiger charge is 2.26. The van der Waals surface area contributed by atoms with Crippen molar-refractivity contribution in [3.8, 4) is 0 Å². The number of rotatable bonds is 11. The zero-order chi connectivity index (χ0) is 23.7. The molecule has 0 saturated heterocycles. The molecule has 0 saturated carbocycles. The van der Waals surface area contributed by atoms with Gasteiger partial charge in [-0.2, -0.15) is 0 Å². The number of benzene rings is 2. The van der Waals surface area contributed by atoms with E-state index in [1.807, 2.05) is 13.0 Å². The van der Waals surface area contributed by atoms with Crippen LogP contribution in [0.4, 0.5) is 0 Å². The minimum Gasteiger partial charge on any atom is -0.355 e. The molecule has 0 aliphatic rings. The van der Waals surface area contributed by atoms with Gasteiger partial charge in [0.25, 0.3) is 0 Å². The summed E-state index contributed by atoms with van der Waals surface area (Å²) in [6.07, 6.45) is 0.439. The van der Waals surface area contributed by atoms with E-state index < -0.39 is 16.1 Å². The first-order valence-corrected chi connectivity index (χ1v) is 12.3. The van der Waals surface area contributed by atoms with E-state index in [0.29, 0.717) is 18.0 Å². The third kappa shape index (κ3) is 7.05. The monoisotopic (exact) mass is 479 g/mol. The molecule has 2 amide bonds. The molecule has 0 radical (unpaired) electrons. The molecule has 0 fully saturated rings. The number of nitrogens with one attached hydrogen (secondary N) is 1. The lowest BCUT2D eigenvalue weighted by Crippen LogP contribution is -2.47. The third-order valence-corrected chi connectivity index (χ3v) is 7.18. The van der Waals surface area contributed by atoms with Crippen LogP contribution >= 0.6 is 11.6 Å². The summed E-state index contributed by atoms with van der Waals surface area (Å²) in [7, 11) is -2.12. The summed E-state index contributed by atoms with van der Waals surface area (Å²) in [5, 5.41) is 3.29. The Morgan fingerprint density at radius 3 is 2.41 bits per heavy atom. The molecule has 0 aliphatic heterocycles. The molecule has 0 heterocycles. The molecule has 0 aliphatic carbocycles. The number of likely N-dealkylation sites (N-methyl/N-ethyl adjacent to an activating group) is 1. The molecular weight excluding hydrogens is 450 g/mol. The Morgan fingerprint density at radius 1 is 1.09 bits per heavy atom. The average molecular weight is 480 g/mol. The summed E-state index contributed by atoms with van der Waals surface area (Å²) in [4.78, 5) is 27.1. The van der Waals surface area contributed by atoms with Crippen LogP contribution in [-0.2, 0) is 26.2 Å². The maximum atomic E-state index is 13.0. The molecule has 1 N–H and O–H groups in total. The highest BCUT2D eigenvalue weighted by atomic mass is 35.5. The summed E-state index contributed by atoms with van der Waals surface area (Å²) < 4.78 is 26.5. The zero-order valence-electron chi connectivity index (χ0n) is 18.6. The Kier molecular flexibility index (Phi) is 9.68. The number of hydrogen-bond acceptors (Lipinski definition) is 4. The number of sulfonamides is 1. The number of hydrogen-bond donors (Lipinski definition) is 1. The van der Waals surface area contributed by atoms with Crippen molar-refractivity contribution in [2.75, 3.05) is 20.1 Å². The van der Waals surface area contributed by atoms with Crippen molar-refractivity contribution in [2.24, 2.45) is 0 Å². The SMILES string of the molecule is CCNC(=O)[C@H](C)N(Cc1cccc(Cl)c1)C(=O)CCCN(C)S(=O)(=O)c1ccccc1. The maximum Gasteiger partial charge on any atom is 0.242 e. The van der Waals surface area contributed by atoms with Crippen molar-refractivity contribution in [3.05, 3.63) is 65.2 Å². The number of amides is 2. The van der Waals surface area contributed by atoms with Gasteiger partial charge < -0.3 is 10.2 Å². The van der Waals surface area contributed by atoms with E-state index in [2.05, 4.69) is 5.32 Å². The van der Waals surface area contributed by atoms with Crippen molar-refractivity contribution < 1.29 is 18.0 Å². The second-order valence-corrected chi connectivity index (χ2v) is 9.95. The summed E-state index contributed by atoms with van der Waals surface area (Å²) in [5.41, 5.74) is 0.811. The number of halogens is 1. The van der Waals surface area contributed by atoms with Gasteiger partial charge in [-0.05, 0) is 50.1 Å². The van der Waals surface area contributed by atoms with E-state index in [4.69, 9.17) is 11.6 Å². The Bertz CT molecular complexity index is 1010. The lowest BCUT2D eigenvalue weighted by Gasteiger charge is -2.29. The number of nitrogens with zero attached hydrogens (tertiary/aromatic N) is 2. The van der Waals surface area contributed by atoms with E-state index in [0.717, 1.165) is 5.56 Å². The molecule has 9 heteroatoms. The summed E-state index contributed by atoms with van der Waals surface area (Å²) in [6.45, 7) is 4.38. The number of carbonyl (C=O) groups excluding carboxylic acids is 2. The fraction of sp³-hybridized carbons (Fsp3) is 0.391. The van der Waals surface area contributed by atoms with Crippen molar-refractivity contribution >= 4 is 33.4 Å². The van der Waals surface area contributed by atoms with Crippen LogP contribution in [0.25, 0.3) is 0 Å². The minimum atomic E-state index is -3.62. The van der Waals surface area contributed by atoms with E-state index >= 15 is 0 Å². The molecule has 0 aromatic heterocycles. The van der Waals surface area contributed by atoms with Gasteiger partial charge in [0, 0.05) is 38.1 Å². The van der Waals surface area contributed by atoms with E-state index in [-0.39, 0.29) is 36.2 Å². The normalized spacial score (nSPS) is 12.4. The average Bonchev–Trinajstić information content (AvgIpc) is 2.77. The Balaban J connectivity index is 2.06. The molecule has 1 atom stereocenters. The second kappa shape index (κ2) is 12.0. The predicted molar refractivity (Wildman–Crippen MR) is 126 cm³/mol. The van der Waals surface area contributed by atoms with Crippen LogP contribution in [0, 0.1) is 0 Å². The summed E-state index contributed by atoms with van der Waals surface area (Å²) >= 11 is 6.07. The molecule has 174 valence electrons. The Labute approximate surface area is 195 Å². The number of carbonyl (C=O) groups is 2. The van der Waals surface area contributed by atoms with Gasteiger partial charge in [-0.25, -0.2) is 12.7 Å². The van der Waals surface area contributed by atoms with Crippen molar-refractivity contribution in [1.29, 1.82) is 0 Å².